The highest BCUT2D eigenvalue weighted by atomic mass is 32.1. The van der Waals surface area contributed by atoms with Crippen LogP contribution in [0.1, 0.15) is 23.6 Å². The van der Waals surface area contributed by atoms with Crippen LogP contribution < -0.4 is 0 Å². The second kappa shape index (κ2) is 3.89. The molecule has 1 N–H and O–H groups in total. The summed E-state index contributed by atoms with van der Waals surface area (Å²) in [4.78, 5) is 5.96. The Kier molecular flexibility index (Phi) is 2.58. The highest BCUT2D eigenvalue weighted by Crippen LogP contribution is 2.28. The normalized spacial score (nSPS) is 13.4. The van der Waals surface area contributed by atoms with Crippen LogP contribution in [0.15, 0.2) is 18.6 Å². The van der Waals surface area contributed by atoms with E-state index in [0.717, 1.165) is 9.71 Å². The van der Waals surface area contributed by atoms with Gasteiger partial charge in [0.1, 0.15) is 11.2 Å². The van der Waals surface area contributed by atoms with E-state index >= 15 is 0 Å². The van der Waals surface area contributed by atoms with Gasteiger partial charge in [-0.05, 0) is 13.0 Å². The van der Waals surface area contributed by atoms with Crippen LogP contribution in [0.5, 0.6) is 0 Å². The third-order valence-electron chi connectivity index (χ3n) is 2.07. The predicted molar refractivity (Wildman–Crippen MR) is 61.6 cm³/mol. The van der Waals surface area contributed by atoms with Crippen LogP contribution in [0.4, 0.5) is 0 Å². The van der Waals surface area contributed by atoms with Gasteiger partial charge in [0, 0.05) is 0 Å². The predicted octanol–water partition coefficient (Wildman–Crippen LogP) is 2.10. The standard InChI is InChI=1S/C11H10N2OS/c1-3-5-9-11(8(14)4-2)13-7-12-6-10(13)15-9/h2-3,5-8,14H,1H3/b5-3+. The van der Waals surface area contributed by atoms with Gasteiger partial charge in [0.15, 0.2) is 6.10 Å². The van der Waals surface area contributed by atoms with E-state index in [1.807, 2.05) is 23.5 Å². The molecule has 0 saturated heterocycles. The van der Waals surface area contributed by atoms with Gasteiger partial charge in [-0.3, -0.25) is 4.40 Å². The van der Waals surface area contributed by atoms with Crippen LogP contribution in [0, 0.1) is 12.3 Å². The Balaban J connectivity index is 2.69. The van der Waals surface area contributed by atoms with Crippen molar-refractivity contribution in [3.8, 4) is 12.3 Å². The number of hydrogen-bond donors (Lipinski definition) is 1. The Hall–Kier alpha value is -1.57. The topological polar surface area (TPSA) is 37.5 Å². The number of aliphatic hydroxyl groups is 1. The molecule has 1 unspecified atom stereocenters. The lowest BCUT2D eigenvalue weighted by molar-refractivity contribution is 0.232. The molecule has 0 amide bonds. The van der Waals surface area contributed by atoms with Gasteiger partial charge in [-0.15, -0.1) is 17.8 Å². The van der Waals surface area contributed by atoms with Crippen LogP contribution in [0.25, 0.3) is 10.9 Å². The molecule has 0 aliphatic heterocycles. The number of aliphatic hydroxyl groups excluding tert-OH is 1. The first-order chi connectivity index (χ1) is 7.27. The van der Waals surface area contributed by atoms with Crippen LogP contribution in [-0.2, 0) is 0 Å². The third kappa shape index (κ3) is 1.56. The lowest BCUT2D eigenvalue weighted by Crippen LogP contribution is -1.99. The maximum absolute atomic E-state index is 9.73. The summed E-state index contributed by atoms with van der Waals surface area (Å²) in [6.07, 6.45) is 11.6. The molecular weight excluding hydrogens is 208 g/mol. The summed E-state index contributed by atoms with van der Waals surface area (Å²) in [6, 6.07) is 0. The van der Waals surface area contributed by atoms with Crippen molar-refractivity contribution >= 4 is 22.2 Å². The van der Waals surface area contributed by atoms with E-state index in [9.17, 15) is 5.11 Å². The van der Waals surface area contributed by atoms with Crippen molar-refractivity contribution in [2.45, 2.75) is 13.0 Å². The number of nitrogens with zero attached hydrogens (tertiary/aromatic N) is 2. The molecular formula is C11H10N2OS. The number of rotatable bonds is 2. The minimum atomic E-state index is -0.890. The van der Waals surface area contributed by atoms with E-state index in [-0.39, 0.29) is 0 Å². The van der Waals surface area contributed by atoms with E-state index in [0.29, 0.717) is 5.69 Å². The molecule has 0 spiro atoms. The second-order valence-corrected chi connectivity index (χ2v) is 4.08. The monoisotopic (exact) mass is 218 g/mol. The zero-order chi connectivity index (χ0) is 10.8. The second-order valence-electron chi connectivity index (χ2n) is 3.02. The van der Waals surface area contributed by atoms with E-state index in [4.69, 9.17) is 6.42 Å². The molecule has 0 aliphatic carbocycles. The molecule has 2 aromatic rings. The zero-order valence-electron chi connectivity index (χ0n) is 8.21. The maximum atomic E-state index is 9.73. The number of fused-ring (bicyclic) bond motifs is 1. The fourth-order valence-corrected chi connectivity index (χ4v) is 2.54. The molecule has 4 heteroatoms. The van der Waals surface area contributed by atoms with E-state index in [2.05, 4.69) is 10.9 Å². The number of aromatic nitrogens is 2. The molecule has 0 saturated carbocycles. The Morgan fingerprint density at radius 3 is 3.20 bits per heavy atom. The van der Waals surface area contributed by atoms with Gasteiger partial charge in [-0.1, -0.05) is 12.0 Å². The molecule has 76 valence electrons. The molecule has 0 aromatic carbocycles. The minimum Gasteiger partial charge on any atom is -0.374 e. The maximum Gasteiger partial charge on any atom is 0.156 e. The SMILES string of the molecule is C#CC(O)c1c(/C=C/C)sc2cncn12. The van der Waals surface area contributed by atoms with Crippen LogP contribution in [0.3, 0.4) is 0 Å². The van der Waals surface area contributed by atoms with Crippen molar-refractivity contribution < 1.29 is 5.11 Å². The van der Waals surface area contributed by atoms with Gasteiger partial charge in [-0.25, -0.2) is 4.98 Å². The molecule has 15 heavy (non-hydrogen) atoms. The van der Waals surface area contributed by atoms with Gasteiger partial charge >= 0.3 is 0 Å². The average molecular weight is 218 g/mol. The van der Waals surface area contributed by atoms with Crippen molar-refractivity contribution in [2.75, 3.05) is 0 Å². The molecule has 3 nitrogen and oxygen atoms in total. The molecule has 0 fully saturated rings. The lowest BCUT2D eigenvalue weighted by atomic mass is 10.2. The van der Waals surface area contributed by atoms with Crippen LogP contribution in [0.2, 0.25) is 0 Å². The Bertz CT molecular complexity index is 544. The molecule has 0 bridgehead atoms. The van der Waals surface area contributed by atoms with E-state index < -0.39 is 6.10 Å². The third-order valence-corrected chi connectivity index (χ3v) is 3.14. The summed E-state index contributed by atoms with van der Waals surface area (Å²) in [5.41, 5.74) is 0.716. The summed E-state index contributed by atoms with van der Waals surface area (Å²) >= 11 is 1.56. The molecule has 2 aromatic heterocycles. The zero-order valence-corrected chi connectivity index (χ0v) is 9.03. The fourth-order valence-electron chi connectivity index (χ4n) is 1.44. The Morgan fingerprint density at radius 2 is 2.53 bits per heavy atom. The van der Waals surface area contributed by atoms with Crippen LogP contribution >= 0.6 is 11.3 Å². The summed E-state index contributed by atoms with van der Waals surface area (Å²) in [7, 11) is 0. The number of hydrogen-bond acceptors (Lipinski definition) is 3. The molecule has 2 heterocycles. The van der Waals surface area contributed by atoms with Crippen molar-refractivity contribution in [3.05, 3.63) is 29.2 Å². The highest BCUT2D eigenvalue weighted by Gasteiger charge is 2.15. The fraction of sp³-hybridized carbons (Fsp3) is 0.182. The number of imidazole rings is 1. The molecule has 1 atom stereocenters. The number of thiazole rings is 1. The Morgan fingerprint density at radius 1 is 1.73 bits per heavy atom. The van der Waals surface area contributed by atoms with Crippen molar-refractivity contribution in [1.82, 2.24) is 9.38 Å². The lowest BCUT2D eigenvalue weighted by Gasteiger charge is -2.03. The number of terminal acetylenes is 1. The molecule has 0 radical (unpaired) electrons. The molecule has 2 rings (SSSR count). The summed E-state index contributed by atoms with van der Waals surface area (Å²) in [5, 5.41) is 9.73. The minimum absolute atomic E-state index is 0.716. The van der Waals surface area contributed by atoms with Crippen molar-refractivity contribution in [2.24, 2.45) is 0 Å². The van der Waals surface area contributed by atoms with Gasteiger partial charge in [0.25, 0.3) is 0 Å². The van der Waals surface area contributed by atoms with E-state index in [1.54, 1.807) is 23.9 Å². The average Bonchev–Trinajstić information content (AvgIpc) is 2.77. The first-order valence-corrected chi connectivity index (χ1v) is 5.31. The van der Waals surface area contributed by atoms with Gasteiger partial charge in [-0.2, -0.15) is 0 Å². The first-order valence-electron chi connectivity index (χ1n) is 4.49. The van der Waals surface area contributed by atoms with Gasteiger partial charge in [0.05, 0.1) is 16.8 Å². The molecule has 0 aliphatic rings. The summed E-state index contributed by atoms with van der Waals surface area (Å²) in [6.45, 7) is 1.93. The first kappa shape index (κ1) is 9.97. The summed E-state index contributed by atoms with van der Waals surface area (Å²) in [5.74, 6) is 2.33. The quantitative estimate of drug-likeness (QED) is 0.784. The summed E-state index contributed by atoms with van der Waals surface area (Å²) < 4.78 is 1.82. The number of allylic oxidation sites excluding steroid dienone is 1. The van der Waals surface area contributed by atoms with Crippen molar-refractivity contribution in [1.29, 1.82) is 0 Å². The van der Waals surface area contributed by atoms with Gasteiger partial charge in [0.2, 0.25) is 0 Å². The Labute approximate surface area is 91.7 Å². The van der Waals surface area contributed by atoms with Crippen molar-refractivity contribution in [3.63, 3.8) is 0 Å². The smallest absolute Gasteiger partial charge is 0.156 e. The van der Waals surface area contributed by atoms with Crippen LogP contribution in [-0.4, -0.2) is 14.5 Å². The van der Waals surface area contributed by atoms with Gasteiger partial charge < -0.3 is 5.11 Å². The largest absolute Gasteiger partial charge is 0.374 e. The van der Waals surface area contributed by atoms with E-state index in [1.165, 1.54) is 0 Å². The highest BCUT2D eigenvalue weighted by molar-refractivity contribution is 7.18.